The largest absolute Gasteiger partial charge is 0.493 e. The van der Waals surface area contributed by atoms with Gasteiger partial charge in [0.15, 0.2) is 0 Å². The minimum Gasteiger partial charge on any atom is -0.493 e. The Morgan fingerprint density at radius 3 is 2.75 bits per heavy atom. The summed E-state index contributed by atoms with van der Waals surface area (Å²) in [6.07, 6.45) is 6.16. The molecular weight excluding hydrogens is 350 g/mol. The van der Waals surface area contributed by atoms with Crippen LogP contribution in [0.2, 0.25) is 0 Å². The van der Waals surface area contributed by atoms with Crippen molar-refractivity contribution in [1.82, 2.24) is 15.1 Å². The van der Waals surface area contributed by atoms with Crippen molar-refractivity contribution in [1.29, 1.82) is 0 Å². The van der Waals surface area contributed by atoms with Gasteiger partial charge in [0.25, 0.3) is 5.91 Å². The Morgan fingerprint density at radius 2 is 2.00 bits per heavy atom. The second-order valence-electron chi connectivity index (χ2n) is 6.74. The molecule has 0 unspecified atom stereocenters. The number of carbonyl (C=O) groups is 1. The second-order valence-corrected chi connectivity index (χ2v) is 6.74. The van der Waals surface area contributed by atoms with Crippen molar-refractivity contribution in [3.05, 3.63) is 47.3 Å². The van der Waals surface area contributed by atoms with Gasteiger partial charge < -0.3 is 10.1 Å². The van der Waals surface area contributed by atoms with Gasteiger partial charge in [0.2, 0.25) is 0 Å². The molecule has 1 aromatic carbocycles. The van der Waals surface area contributed by atoms with Gasteiger partial charge in [0, 0.05) is 26.4 Å². The standard InChI is InChI=1S/C23H31N3O2/c1-4-6-7-8-9-10-11-15-28-21-14-12-13-19(16-21)18-24-23(27)22-17-20(5-2)25-26(22)3/h12-14,16-17H,4-8,11,15,18H2,1-3H3,(H,24,27). The molecule has 2 aromatic rings. The first-order valence-corrected chi connectivity index (χ1v) is 10.1. The van der Waals surface area contributed by atoms with Crippen molar-refractivity contribution < 1.29 is 9.53 Å². The number of benzene rings is 1. The molecule has 1 amide bonds. The predicted molar refractivity (Wildman–Crippen MR) is 112 cm³/mol. The molecule has 1 heterocycles. The maximum atomic E-state index is 12.4. The average molecular weight is 382 g/mol. The SMILES string of the molecule is CCCCCC#CCCOc1cccc(CNC(=O)c2cc(CC)nn2C)c1. The van der Waals surface area contributed by atoms with E-state index < -0.39 is 0 Å². The lowest BCUT2D eigenvalue weighted by molar-refractivity contribution is 0.0941. The number of aromatic nitrogens is 2. The van der Waals surface area contributed by atoms with E-state index in [1.54, 1.807) is 11.7 Å². The number of nitrogens with one attached hydrogen (secondary N) is 1. The summed E-state index contributed by atoms with van der Waals surface area (Å²) >= 11 is 0. The Hall–Kier alpha value is -2.74. The Kier molecular flexibility index (Phi) is 9.14. The van der Waals surface area contributed by atoms with E-state index >= 15 is 0 Å². The molecular formula is C23H31N3O2. The highest BCUT2D eigenvalue weighted by molar-refractivity contribution is 5.92. The molecule has 0 saturated heterocycles. The fraction of sp³-hybridized carbons (Fsp3) is 0.478. The molecule has 0 aliphatic rings. The van der Waals surface area contributed by atoms with E-state index in [2.05, 4.69) is 29.2 Å². The summed E-state index contributed by atoms with van der Waals surface area (Å²) in [6.45, 7) is 5.24. The number of carbonyl (C=O) groups excluding carboxylic acids is 1. The van der Waals surface area contributed by atoms with Crippen LogP contribution in [0.15, 0.2) is 30.3 Å². The Morgan fingerprint density at radius 1 is 1.18 bits per heavy atom. The van der Waals surface area contributed by atoms with E-state index in [-0.39, 0.29) is 5.91 Å². The van der Waals surface area contributed by atoms with Gasteiger partial charge in [-0.25, -0.2) is 0 Å². The number of ether oxygens (including phenoxy) is 1. The van der Waals surface area contributed by atoms with Crippen molar-refractivity contribution in [3.8, 4) is 17.6 Å². The first kappa shape index (κ1) is 21.6. The molecule has 28 heavy (non-hydrogen) atoms. The number of hydrogen-bond donors (Lipinski definition) is 1. The van der Waals surface area contributed by atoms with Gasteiger partial charge in [0.1, 0.15) is 11.4 Å². The van der Waals surface area contributed by atoms with Crippen LogP contribution >= 0.6 is 0 Å². The van der Waals surface area contributed by atoms with Crippen LogP contribution in [0.1, 0.15) is 67.7 Å². The van der Waals surface area contributed by atoms with Gasteiger partial charge in [-0.2, -0.15) is 5.10 Å². The van der Waals surface area contributed by atoms with Crippen molar-refractivity contribution in [2.75, 3.05) is 6.61 Å². The quantitative estimate of drug-likeness (QED) is 0.494. The van der Waals surface area contributed by atoms with E-state index in [1.807, 2.05) is 37.3 Å². The van der Waals surface area contributed by atoms with E-state index in [9.17, 15) is 4.79 Å². The van der Waals surface area contributed by atoms with Gasteiger partial charge in [0.05, 0.1) is 12.3 Å². The van der Waals surface area contributed by atoms with E-state index in [0.29, 0.717) is 18.8 Å². The zero-order chi connectivity index (χ0) is 20.2. The molecule has 0 atom stereocenters. The number of amides is 1. The molecule has 5 heteroatoms. The lowest BCUT2D eigenvalue weighted by atomic mass is 10.2. The predicted octanol–water partition coefficient (Wildman–Crippen LogP) is 4.27. The first-order valence-electron chi connectivity index (χ1n) is 10.1. The number of nitrogens with zero attached hydrogens (tertiary/aromatic N) is 2. The summed E-state index contributed by atoms with van der Waals surface area (Å²) in [4.78, 5) is 12.4. The topological polar surface area (TPSA) is 56.1 Å². The molecule has 150 valence electrons. The molecule has 0 aliphatic carbocycles. The van der Waals surface area contributed by atoms with Gasteiger partial charge in [-0.1, -0.05) is 44.7 Å². The van der Waals surface area contributed by atoms with Crippen LogP contribution < -0.4 is 10.1 Å². The van der Waals surface area contributed by atoms with E-state index in [1.165, 1.54) is 19.3 Å². The molecule has 0 saturated carbocycles. The molecule has 2 rings (SSSR count). The monoisotopic (exact) mass is 381 g/mol. The zero-order valence-electron chi connectivity index (χ0n) is 17.3. The zero-order valence-corrected chi connectivity index (χ0v) is 17.3. The van der Waals surface area contributed by atoms with Crippen molar-refractivity contribution >= 4 is 5.91 Å². The Labute approximate surface area is 168 Å². The molecule has 0 fully saturated rings. The lowest BCUT2D eigenvalue weighted by Crippen LogP contribution is -2.25. The van der Waals surface area contributed by atoms with Crippen LogP contribution in [0.25, 0.3) is 0 Å². The van der Waals surface area contributed by atoms with Gasteiger partial charge in [-0.05, 0) is 36.6 Å². The maximum absolute atomic E-state index is 12.4. The molecule has 0 spiro atoms. The van der Waals surface area contributed by atoms with Crippen LogP contribution in [-0.2, 0) is 20.0 Å². The van der Waals surface area contributed by atoms with Gasteiger partial charge in [-0.15, -0.1) is 5.92 Å². The molecule has 1 N–H and O–H groups in total. The normalized spacial score (nSPS) is 10.2. The summed E-state index contributed by atoms with van der Waals surface area (Å²) in [6, 6.07) is 9.62. The molecule has 0 bridgehead atoms. The van der Waals surface area contributed by atoms with Crippen molar-refractivity contribution in [2.24, 2.45) is 7.05 Å². The fourth-order valence-electron chi connectivity index (χ4n) is 2.79. The Balaban J connectivity index is 1.78. The van der Waals surface area contributed by atoms with Crippen LogP contribution in [0.5, 0.6) is 5.75 Å². The summed E-state index contributed by atoms with van der Waals surface area (Å²) in [5.41, 5.74) is 2.48. The van der Waals surface area contributed by atoms with E-state index in [0.717, 1.165) is 36.3 Å². The second kappa shape index (κ2) is 11.9. The summed E-state index contributed by atoms with van der Waals surface area (Å²) in [7, 11) is 1.79. The summed E-state index contributed by atoms with van der Waals surface area (Å²) in [5.74, 6) is 7.03. The number of rotatable bonds is 10. The minimum absolute atomic E-state index is 0.126. The number of hydrogen-bond acceptors (Lipinski definition) is 3. The van der Waals surface area contributed by atoms with Crippen LogP contribution in [0, 0.1) is 11.8 Å². The van der Waals surface area contributed by atoms with Gasteiger partial charge >= 0.3 is 0 Å². The van der Waals surface area contributed by atoms with E-state index in [4.69, 9.17) is 4.74 Å². The lowest BCUT2D eigenvalue weighted by Gasteiger charge is -2.08. The maximum Gasteiger partial charge on any atom is 0.269 e. The third-order valence-corrected chi connectivity index (χ3v) is 4.40. The summed E-state index contributed by atoms with van der Waals surface area (Å²) < 4.78 is 7.40. The first-order chi connectivity index (χ1) is 13.6. The highest BCUT2D eigenvalue weighted by atomic mass is 16.5. The van der Waals surface area contributed by atoms with Gasteiger partial charge in [-0.3, -0.25) is 9.48 Å². The smallest absolute Gasteiger partial charge is 0.269 e. The number of aryl methyl sites for hydroxylation is 2. The van der Waals surface area contributed by atoms with Crippen molar-refractivity contribution in [2.45, 2.75) is 58.9 Å². The average Bonchev–Trinajstić information content (AvgIpc) is 3.09. The minimum atomic E-state index is -0.126. The third-order valence-electron chi connectivity index (χ3n) is 4.40. The highest BCUT2D eigenvalue weighted by Gasteiger charge is 2.12. The molecule has 0 radical (unpaired) electrons. The summed E-state index contributed by atoms with van der Waals surface area (Å²) in [5, 5.41) is 7.26. The van der Waals surface area contributed by atoms with Crippen molar-refractivity contribution in [3.63, 3.8) is 0 Å². The molecule has 5 nitrogen and oxygen atoms in total. The molecule has 0 aliphatic heterocycles. The third kappa shape index (κ3) is 7.11. The highest BCUT2D eigenvalue weighted by Crippen LogP contribution is 2.14. The Bertz CT molecular complexity index is 815. The fourth-order valence-corrected chi connectivity index (χ4v) is 2.79. The van der Waals surface area contributed by atoms with Crippen LogP contribution in [0.4, 0.5) is 0 Å². The number of unbranched alkanes of at least 4 members (excludes halogenated alkanes) is 3. The van der Waals surface area contributed by atoms with Crippen LogP contribution in [0.3, 0.4) is 0 Å². The van der Waals surface area contributed by atoms with Crippen LogP contribution in [-0.4, -0.2) is 22.3 Å². The molecule has 1 aromatic heterocycles.